The van der Waals surface area contributed by atoms with Crippen molar-refractivity contribution in [1.29, 1.82) is 0 Å². The molecule has 0 bridgehead atoms. The van der Waals surface area contributed by atoms with Gasteiger partial charge in [-0.05, 0) is 62.2 Å². The van der Waals surface area contributed by atoms with Crippen LogP contribution in [0.3, 0.4) is 0 Å². The number of rotatable bonds is 8. The van der Waals surface area contributed by atoms with Crippen LogP contribution in [0.25, 0.3) is 0 Å². The van der Waals surface area contributed by atoms with Gasteiger partial charge in [0.1, 0.15) is 0 Å². The van der Waals surface area contributed by atoms with E-state index < -0.39 is 0 Å². The third-order valence-corrected chi connectivity index (χ3v) is 5.06. The Labute approximate surface area is 156 Å². The van der Waals surface area contributed by atoms with Gasteiger partial charge in [0.25, 0.3) is 0 Å². The van der Waals surface area contributed by atoms with E-state index in [1.807, 2.05) is 31.5 Å². The SMILES string of the molecule is CCOc1cc(CNC[C@@H]2CCN(C)[C@H]2c2cccnc2)ccc1OC. The predicted octanol–water partition coefficient (Wildman–Crippen LogP) is 3.27. The van der Waals surface area contributed by atoms with E-state index >= 15 is 0 Å². The highest BCUT2D eigenvalue weighted by Gasteiger charge is 2.32. The van der Waals surface area contributed by atoms with Gasteiger partial charge in [0.05, 0.1) is 13.7 Å². The van der Waals surface area contributed by atoms with Crippen molar-refractivity contribution in [1.82, 2.24) is 15.2 Å². The molecule has 2 atom stereocenters. The van der Waals surface area contributed by atoms with E-state index in [4.69, 9.17) is 9.47 Å². The summed E-state index contributed by atoms with van der Waals surface area (Å²) in [5, 5.41) is 3.63. The lowest BCUT2D eigenvalue weighted by atomic mass is 9.94. The van der Waals surface area contributed by atoms with E-state index in [-0.39, 0.29) is 0 Å². The van der Waals surface area contributed by atoms with Gasteiger partial charge in [-0.3, -0.25) is 9.88 Å². The Bertz CT molecular complexity index is 693. The summed E-state index contributed by atoms with van der Waals surface area (Å²) in [6, 6.07) is 10.8. The average Bonchev–Trinajstić information content (AvgIpc) is 3.03. The van der Waals surface area contributed by atoms with Crippen molar-refractivity contribution in [3.05, 3.63) is 53.9 Å². The molecule has 26 heavy (non-hydrogen) atoms. The zero-order valence-corrected chi connectivity index (χ0v) is 15.9. The molecule has 2 heterocycles. The minimum atomic E-state index is 0.436. The Kier molecular flexibility index (Phi) is 6.47. The fourth-order valence-electron chi connectivity index (χ4n) is 3.82. The summed E-state index contributed by atoms with van der Waals surface area (Å²) >= 11 is 0. The Hall–Kier alpha value is -2.11. The van der Waals surface area contributed by atoms with E-state index in [2.05, 4.69) is 40.4 Å². The van der Waals surface area contributed by atoms with E-state index in [1.54, 1.807) is 7.11 Å². The van der Waals surface area contributed by atoms with Gasteiger partial charge in [0, 0.05) is 31.5 Å². The van der Waals surface area contributed by atoms with Crippen molar-refractivity contribution >= 4 is 0 Å². The number of hydrogen-bond donors (Lipinski definition) is 1. The second kappa shape index (κ2) is 9.01. The highest BCUT2D eigenvalue weighted by Crippen LogP contribution is 2.35. The number of nitrogens with one attached hydrogen (secondary N) is 1. The molecule has 5 heteroatoms. The topological polar surface area (TPSA) is 46.6 Å². The maximum Gasteiger partial charge on any atom is 0.161 e. The maximum atomic E-state index is 5.67. The van der Waals surface area contributed by atoms with Gasteiger partial charge in [0.2, 0.25) is 0 Å². The Morgan fingerprint density at radius 1 is 1.27 bits per heavy atom. The molecule has 0 radical (unpaired) electrons. The summed E-state index contributed by atoms with van der Waals surface area (Å²) in [6.45, 7) is 5.56. The molecule has 1 aromatic heterocycles. The molecule has 1 fully saturated rings. The summed E-state index contributed by atoms with van der Waals surface area (Å²) < 4.78 is 11.0. The van der Waals surface area contributed by atoms with Crippen LogP contribution >= 0.6 is 0 Å². The van der Waals surface area contributed by atoms with Crippen LogP contribution < -0.4 is 14.8 Å². The van der Waals surface area contributed by atoms with Crippen molar-refractivity contribution in [2.45, 2.75) is 25.9 Å². The number of likely N-dealkylation sites (tertiary alicyclic amines) is 1. The van der Waals surface area contributed by atoms with Crippen LogP contribution in [-0.4, -0.2) is 43.7 Å². The molecule has 5 nitrogen and oxygen atoms in total. The standard InChI is InChI=1S/C21H29N3O2/c1-4-26-20-12-16(7-8-19(20)25-3)13-23-15-18-9-11-24(2)21(18)17-6-5-10-22-14-17/h5-8,10,12,14,18,21,23H,4,9,11,13,15H2,1-3H3/t18-,21-/m0/s1. The lowest BCUT2D eigenvalue weighted by Gasteiger charge is -2.25. The monoisotopic (exact) mass is 355 g/mol. The second-order valence-electron chi connectivity index (χ2n) is 6.81. The number of benzene rings is 1. The molecule has 1 N–H and O–H groups in total. The minimum Gasteiger partial charge on any atom is -0.493 e. The zero-order chi connectivity index (χ0) is 18.4. The molecule has 0 amide bonds. The zero-order valence-electron chi connectivity index (χ0n) is 15.9. The summed E-state index contributed by atoms with van der Waals surface area (Å²) in [5.41, 5.74) is 2.51. The van der Waals surface area contributed by atoms with Crippen LogP contribution in [0.5, 0.6) is 11.5 Å². The molecule has 1 aliphatic rings. The Morgan fingerprint density at radius 2 is 2.15 bits per heavy atom. The predicted molar refractivity (Wildman–Crippen MR) is 104 cm³/mol. The van der Waals surface area contributed by atoms with Gasteiger partial charge >= 0.3 is 0 Å². The van der Waals surface area contributed by atoms with Crippen LogP contribution in [0.15, 0.2) is 42.7 Å². The molecule has 3 rings (SSSR count). The number of pyridine rings is 1. The quantitative estimate of drug-likeness (QED) is 0.787. The van der Waals surface area contributed by atoms with Gasteiger partial charge in [-0.1, -0.05) is 12.1 Å². The third-order valence-electron chi connectivity index (χ3n) is 5.06. The molecule has 1 aromatic carbocycles. The second-order valence-corrected chi connectivity index (χ2v) is 6.81. The largest absolute Gasteiger partial charge is 0.493 e. The van der Waals surface area contributed by atoms with E-state index in [1.165, 1.54) is 17.5 Å². The Morgan fingerprint density at radius 3 is 2.88 bits per heavy atom. The van der Waals surface area contributed by atoms with Crippen molar-refractivity contribution in [2.75, 3.05) is 33.9 Å². The highest BCUT2D eigenvalue weighted by molar-refractivity contribution is 5.42. The number of methoxy groups -OCH3 is 1. The average molecular weight is 355 g/mol. The van der Waals surface area contributed by atoms with Crippen LogP contribution in [0.2, 0.25) is 0 Å². The Balaban J connectivity index is 1.60. The molecule has 0 saturated carbocycles. The fraction of sp³-hybridized carbons (Fsp3) is 0.476. The molecule has 0 unspecified atom stereocenters. The first-order valence-electron chi connectivity index (χ1n) is 9.33. The van der Waals surface area contributed by atoms with Gasteiger partial charge in [-0.15, -0.1) is 0 Å². The molecular weight excluding hydrogens is 326 g/mol. The van der Waals surface area contributed by atoms with Crippen LogP contribution in [0.1, 0.15) is 30.5 Å². The molecule has 0 aliphatic carbocycles. The summed E-state index contributed by atoms with van der Waals surface area (Å²) in [6.07, 6.45) is 5.04. The van der Waals surface area contributed by atoms with Crippen molar-refractivity contribution in [3.63, 3.8) is 0 Å². The summed E-state index contributed by atoms with van der Waals surface area (Å²) in [4.78, 5) is 6.73. The van der Waals surface area contributed by atoms with E-state index in [0.29, 0.717) is 18.6 Å². The highest BCUT2D eigenvalue weighted by atomic mass is 16.5. The molecule has 1 saturated heterocycles. The first-order valence-corrected chi connectivity index (χ1v) is 9.33. The molecule has 0 spiro atoms. The van der Waals surface area contributed by atoms with E-state index in [9.17, 15) is 0 Å². The fourth-order valence-corrected chi connectivity index (χ4v) is 3.82. The lowest BCUT2D eigenvalue weighted by Crippen LogP contribution is -2.28. The molecular formula is C21H29N3O2. The van der Waals surface area contributed by atoms with Crippen LogP contribution in [-0.2, 0) is 6.54 Å². The number of hydrogen-bond acceptors (Lipinski definition) is 5. The summed E-state index contributed by atoms with van der Waals surface area (Å²) in [7, 11) is 3.88. The minimum absolute atomic E-state index is 0.436. The number of nitrogens with zero attached hydrogens (tertiary/aromatic N) is 2. The van der Waals surface area contributed by atoms with Gasteiger partial charge in [-0.25, -0.2) is 0 Å². The van der Waals surface area contributed by atoms with Gasteiger partial charge < -0.3 is 14.8 Å². The van der Waals surface area contributed by atoms with E-state index in [0.717, 1.165) is 31.1 Å². The normalized spacial score (nSPS) is 20.3. The molecule has 140 valence electrons. The van der Waals surface area contributed by atoms with Crippen LogP contribution in [0.4, 0.5) is 0 Å². The smallest absolute Gasteiger partial charge is 0.161 e. The van der Waals surface area contributed by atoms with Crippen LogP contribution in [0, 0.1) is 5.92 Å². The van der Waals surface area contributed by atoms with Crippen molar-refractivity contribution < 1.29 is 9.47 Å². The first-order chi connectivity index (χ1) is 12.7. The first kappa shape index (κ1) is 18.7. The molecule has 2 aromatic rings. The molecule has 1 aliphatic heterocycles. The lowest BCUT2D eigenvalue weighted by molar-refractivity contribution is 0.271. The number of aromatic nitrogens is 1. The number of ether oxygens (including phenoxy) is 2. The van der Waals surface area contributed by atoms with Gasteiger partial charge in [-0.2, -0.15) is 0 Å². The maximum absolute atomic E-state index is 5.67. The summed E-state index contributed by atoms with van der Waals surface area (Å²) in [5.74, 6) is 2.18. The van der Waals surface area contributed by atoms with Gasteiger partial charge in [0.15, 0.2) is 11.5 Å². The van der Waals surface area contributed by atoms with Crippen molar-refractivity contribution in [2.24, 2.45) is 5.92 Å². The third kappa shape index (κ3) is 4.34. The van der Waals surface area contributed by atoms with Crippen molar-refractivity contribution in [3.8, 4) is 11.5 Å².